The van der Waals surface area contributed by atoms with E-state index in [1.54, 1.807) is 12.1 Å². The molecule has 0 radical (unpaired) electrons. The minimum atomic E-state index is -1.70. The summed E-state index contributed by atoms with van der Waals surface area (Å²) in [5.41, 5.74) is 5.78. The molecule has 4 atom stereocenters. The molecule has 198 valence electrons. The molecule has 4 unspecified atom stereocenters. The number of nitrogens with one attached hydrogen (secondary N) is 1. The minimum Gasteiger partial charge on any atom is -0.468 e. The van der Waals surface area contributed by atoms with Crippen molar-refractivity contribution in [1.82, 2.24) is 5.32 Å². The van der Waals surface area contributed by atoms with Crippen molar-refractivity contribution < 1.29 is 38.1 Å². The fraction of sp³-hybridized carbons (Fsp3) is 0.542. The van der Waals surface area contributed by atoms with Crippen LogP contribution in [0.1, 0.15) is 31.2 Å². The van der Waals surface area contributed by atoms with Crippen LogP contribution < -0.4 is 11.1 Å². The maximum absolute atomic E-state index is 13.1. The summed E-state index contributed by atoms with van der Waals surface area (Å²) in [5.74, 6) is -1.91. The molecule has 0 saturated carbocycles. The van der Waals surface area contributed by atoms with Gasteiger partial charge in [-0.05, 0) is 36.3 Å². The van der Waals surface area contributed by atoms with E-state index < -0.39 is 39.9 Å². The zero-order valence-electron chi connectivity index (χ0n) is 20.2. The van der Waals surface area contributed by atoms with Crippen LogP contribution in [-0.4, -0.2) is 61.4 Å². The maximum Gasteiger partial charge on any atom is 0.412 e. The Kier molecular flexibility index (Phi) is 9.70. The molecule has 1 aromatic carbocycles. The largest absolute Gasteiger partial charge is 0.468 e. The summed E-state index contributed by atoms with van der Waals surface area (Å²) in [4.78, 5) is 36.7. The molecular formula is C24H32N2O8S2. The van der Waals surface area contributed by atoms with Gasteiger partial charge < -0.3 is 29.4 Å². The molecule has 0 bridgehead atoms. The Morgan fingerprint density at radius 1 is 1.19 bits per heavy atom. The van der Waals surface area contributed by atoms with E-state index in [0.29, 0.717) is 25.0 Å². The summed E-state index contributed by atoms with van der Waals surface area (Å²) in [6, 6.07) is 9.10. The minimum absolute atomic E-state index is 0.0129. The molecule has 1 amide bonds. The molecule has 0 aromatic heterocycles. The van der Waals surface area contributed by atoms with Gasteiger partial charge in [0, 0.05) is 13.0 Å². The number of hydrogen-bond acceptors (Lipinski definition) is 11. The molecule has 2 aliphatic heterocycles. The lowest BCUT2D eigenvalue weighted by atomic mass is 9.72. The summed E-state index contributed by atoms with van der Waals surface area (Å²) < 4.78 is 26.7. The first kappa shape index (κ1) is 28.3. The number of esters is 2. The molecule has 2 heterocycles. The fourth-order valence-corrected chi connectivity index (χ4v) is 5.42. The van der Waals surface area contributed by atoms with Crippen molar-refractivity contribution in [1.29, 1.82) is 0 Å². The van der Waals surface area contributed by atoms with Crippen molar-refractivity contribution >= 4 is 43.3 Å². The smallest absolute Gasteiger partial charge is 0.412 e. The molecule has 2 aliphatic rings. The molecular weight excluding hydrogens is 508 g/mol. The molecule has 10 nitrogen and oxygen atoms in total. The average molecular weight is 541 g/mol. The Morgan fingerprint density at radius 3 is 2.56 bits per heavy atom. The Bertz CT molecular complexity index is 992. The van der Waals surface area contributed by atoms with Crippen molar-refractivity contribution in [2.24, 2.45) is 11.7 Å². The van der Waals surface area contributed by atoms with Crippen molar-refractivity contribution in [3.63, 3.8) is 0 Å². The van der Waals surface area contributed by atoms with Crippen molar-refractivity contribution in [2.45, 2.75) is 48.2 Å². The normalized spacial score (nSPS) is 27.2. The van der Waals surface area contributed by atoms with Gasteiger partial charge in [-0.1, -0.05) is 30.3 Å². The predicted molar refractivity (Wildman–Crippen MR) is 136 cm³/mol. The van der Waals surface area contributed by atoms with Crippen LogP contribution in [0.25, 0.3) is 0 Å². The quantitative estimate of drug-likeness (QED) is 0.178. The first-order chi connectivity index (χ1) is 17.1. The summed E-state index contributed by atoms with van der Waals surface area (Å²) in [7, 11) is 2.44. The molecule has 3 rings (SSSR count). The van der Waals surface area contributed by atoms with Crippen LogP contribution in [0.2, 0.25) is 0 Å². The number of carbonyl (C=O) groups excluding carboxylic acids is 3. The molecule has 3 N–H and O–H groups in total. The van der Waals surface area contributed by atoms with Crippen LogP contribution in [0.4, 0.5) is 4.79 Å². The second-order valence-electron chi connectivity index (χ2n) is 8.62. The Balaban J connectivity index is 1.88. The summed E-state index contributed by atoms with van der Waals surface area (Å²) >= 11 is 9.14. The van der Waals surface area contributed by atoms with Crippen LogP contribution in [-0.2, 0) is 39.9 Å². The van der Waals surface area contributed by atoms with Gasteiger partial charge in [0.05, 0.1) is 20.8 Å². The lowest BCUT2D eigenvalue weighted by Crippen LogP contribution is -2.70. The predicted octanol–water partition coefficient (Wildman–Crippen LogP) is 2.33. The van der Waals surface area contributed by atoms with Gasteiger partial charge in [0.25, 0.3) is 0 Å². The van der Waals surface area contributed by atoms with Crippen LogP contribution in [0.5, 0.6) is 0 Å². The van der Waals surface area contributed by atoms with Gasteiger partial charge in [0.1, 0.15) is 22.7 Å². The van der Waals surface area contributed by atoms with Crippen molar-refractivity contribution in [3.8, 4) is 0 Å². The molecule has 0 aliphatic carbocycles. The lowest BCUT2D eigenvalue weighted by Gasteiger charge is -2.50. The second-order valence-corrected chi connectivity index (χ2v) is 9.92. The van der Waals surface area contributed by atoms with Gasteiger partial charge >= 0.3 is 18.0 Å². The number of hydrogen-bond donors (Lipinski definition) is 4. The van der Waals surface area contributed by atoms with Gasteiger partial charge in [0.2, 0.25) is 0 Å². The Labute approximate surface area is 221 Å². The number of rotatable bonds is 7. The molecule has 2 fully saturated rings. The third-order valence-electron chi connectivity index (χ3n) is 6.46. The van der Waals surface area contributed by atoms with Crippen LogP contribution in [0.15, 0.2) is 41.6 Å². The van der Waals surface area contributed by atoms with E-state index in [1.165, 1.54) is 14.2 Å². The van der Waals surface area contributed by atoms with Crippen molar-refractivity contribution in [2.75, 3.05) is 27.4 Å². The highest BCUT2D eigenvalue weighted by atomic mass is 32.1. The monoisotopic (exact) mass is 540 g/mol. The van der Waals surface area contributed by atoms with Crippen LogP contribution in [0, 0.1) is 5.92 Å². The fourth-order valence-electron chi connectivity index (χ4n) is 4.50. The van der Waals surface area contributed by atoms with Gasteiger partial charge in [-0.15, -0.1) is 25.3 Å². The number of benzene rings is 1. The molecule has 0 spiro atoms. The Hall–Kier alpha value is -2.25. The topological polar surface area (TPSA) is 135 Å². The van der Waals surface area contributed by atoms with E-state index in [2.05, 4.69) is 17.9 Å². The van der Waals surface area contributed by atoms with Gasteiger partial charge in [-0.2, -0.15) is 0 Å². The first-order valence-electron chi connectivity index (χ1n) is 11.5. The third kappa shape index (κ3) is 6.17. The molecule has 2 saturated heterocycles. The van der Waals surface area contributed by atoms with Gasteiger partial charge in [0.15, 0.2) is 5.54 Å². The lowest BCUT2D eigenvalue weighted by molar-refractivity contribution is -0.166. The standard InChI is InChI=1S/C24H32N2O8S2/c1-30-20(27)19(26-22(29)33-14-15-6-4-3-5-7-15)16-8-11-34-23(36,13-16)24(25,21(28)31-2)17-9-10-32-18(35)12-17/h3-7,17-18,35-36H,8-14,25H2,1-2H3,(H,26,29)/b19-16+. The highest BCUT2D eigenvalue weighted by Crippen LogP contribution is 2.47. The van der Waals surface area contributed by atoms with Gasteiger partial charge in [-0.25, -0.2) is 14.4 Å². The molecule has 12 heteroatoms. The zero-order chi connectivity index (χ0) is 26.3. The third-order valence-corrected chi connectivity index (χ3v) is 7.47. The van der Waals surface area contributed by atoms with E-state index in [0.717, 1.165) is 5.56 Å². The van der Waals surface area contributed by atoms with E-state index in [4.69, 9.17) is 42.0 Å². The molecule has 1 aromatic rings. The first-order valence-corrected chi connectivity index (χ1v) is 12.4. The highest BCUT2D eigenvalue weighted by molar-refractivity contribution is 7.81. The zero-order valence-corrected chi connectivity index (χ0v) is 22.0. The number of carbonyl (C=O) groups is 3. The SMILES string of the molecule is COC(=O)/C(NC(=O)OCc1ccccc1)=C1/CCOC(S)(C(N)(C(=O)OC)C2CCOC(S)C2)C1. The van der Waals surface area contributed by atoms with E-state index in [1.807, 2.05) is 18.2 Å². The number of amides is 1. The van der Waals surface area contributed by atoms with Crippen LogP contribution >= 0.6 is 25.3 Å². The highest BCUT2D eigenvalue weighted by Gasteiger charge is 2.60. The summed E-state index contributed by atoms with van der Waals surface area (Å²) in [5, 5.41) is 2.49. The van der Waals surface area contributed by atoms with Gasteiger partial charge in [-0.3, -0.25) is 5.32 Å². The average Bonchev–Trinajstić information content (AvgIpc) is 2.89. The summed E-state index contributed by atoms with van der Waals surface area (Å²) in [6.45, 7) is 0.450. The Morgan fingerprint density at radius 2 is 1.92 bits per heavy atom. The maximum atomic E-state index is 13.1. The van der Waals surface area contributed by atoms with Crippen LogP contribution in [0.3, 0.4) is 0 Å². The number of nitrogens with two attached hydrogens (primary N) is 1. The number of thiol groups is 2. The summed E-state index contributed by atoms with van der Waals surface area (Å²) in [6.07, 6.45) is 0.206. The molecule has 36 heavy (non-hydrogen) atoms. The van der Waals surface area contributed by atoms with Crippen molar-refractivity contribution in [3.05, 3.63) is 47.2 Å². The number of ether oxygens (including phenoxy) is 5. The number of methoxy groups -OCH3 is 2. The van der Waals surface area contributed by atoms with E-state index >= 15 is 0 Å². The van der Waals surface area contributed by atoms with E-state index in [9.17, 15) is 14.4 Å². The number of alkyl carbamates (subject to hydrolysis) is 1. The second kappa shape index (κ2) is 12.3. The van der Waals surface area contributed by atoms with E-state index in [-0.39, 0.29) is 31.8 Å².